The fourth-order valence-electron chi connectivity index (χ4n) is 1.77. The molecule has 0 saturated carbocycles. The molecule has 2 N–H and O–H groups in total. The maximum Gasteiger partial charge on any atom is 0.322 e. The number of halogens is 1. The molecule has 2 rings (SSSR count). The monoisotopic (exact) mass is 291 g/mol. The molecule has 0 unspecified atom stereocenters. The Bertz CT molecular complexity index is 614. The Kier molecular flexibility index (Phi) is 4.57. The first-order valence-electron chi connectivity index (χ1n) is 6.51. The second-order valence-corrected chi connectivity index (χ2v) is 5.34. The zero-order chi connectivity index (χ0) is 14.7. The maximum absolute atomic E-state index is 6.11. The Labute approximate surface area is 124 Å². The molecular formula is C15H18ClN3O. The molecule has 0 saturated heterocycles. The van der Waals surface area contributed by atoms with Gasteiger partial charge in [-0.05, 0) is 36.6 Å². The normalized spacial score (nSPS) is 10.9. The van der Waals surface area contributed by atoms with Crippen molar-refractivity contribution in [2.75, 3.05) is 0 Å². The van der Waals surface area contributed by atoms with Gasteiger partial charge in [0.2, 0.25) is 0 Å². The van der Waals surface area contributed by atoms with E-state index in [9.17, 15) is 0 Å². The number of aryl methyl sites for hydroxylation is 1. The molecule has 0 aliphatic heterocycles. The lowest BCUT2D eigenvalue weighted by Gasteiger charge is -2.10. The van der Waals surface area contributed by atoms with Crippen molar-refractivity contribution in [2.24, 2.45) is 5.73 Å². The third-order valence-electron chi connectivity index (χ3n) is 2.90. The molecule has 0 radical (unpaired) electrons. The van der Waals surface area contributed by atoms with Crippen LogP contribution in [-0.4, -0.2) is 9.97 Å². The number of ether oxygens (including phenoxy) is 1. The van der Waals surface area contributed by atoms with Crippen LogP contribution in [0, 0.1) is 6.92 Å². The molecule has 106 valence electrons. The average Bonchev–Trinajstić information content (AvgIpc) is 2.38. The summed E-state index contributed by atoms with van der Waals surface area (Å²) in [4.78, 5) is 8.68. The molecule has 0 aliphatic carbocycles. The largest absolute Gasteiger partial charge is 0.424 e. The molecule has 1 aromatic heterocycles. The van der Waals surface area contributed by atoms with Gasteiger partial charge in [0.25, 0.3) is 0 Å². The topological polar surface area (TPSA) is 61.0 Å². The summed E-state index contributed by atoms with van der Waals surface area (Å²) in [6, 6.07) is 7.68. The molecule has 0 amide bonds. The highest BCUT2D eigenvalue weighted by Gasteiger charge is 2.09. The Hall–Kier alpha value is -1.65. The lowest BCUT2D eigenvalue weighted by Crippen LogP contribution is -2.01. The zero-order valence-corrected chi connectivity index (χ0v) is 12.6. The van der Waals surface area contributed by atoms with Gasteiger partial charge in [-0.2, -0.15) is 4.98 Å². The summed E-state index contributed by atoms with van der Waals surface area (Å²) in [7, 11) is 0. The van der Waals surface area contributed by atoms with Gasteiger partial charge in [-0.15, -0.1) is 0 Å². The minimum Gasteiger partial charge on any atom is -0.424 e. The van der Waals surface area contributed by atoms with Crippen LogP contribution in [0.5, 0.6) is 11.8 Å². The number of benzene rings is 1. The predicted octanol–water partition coefficient (Wildman–Crippen LogP) is 3.81. The third kappa shape index (κ3) is 3.46. The van der Waals surface area contributed by atoms with E-state index in [1.807, 2.05) is 25.1 Å². The number of rotatable bonds is 4. The van der Waals surface area contributed by atoms with E-state index in [0.29, 0.717) is 29.2 Å². The first-order chi connectivity index (χ1) is 9.49. The summed E-state index contributed by atoms with van der Waals surface area (Å²) in [6.07, 6.45) is 0. The molecule has 4 nitrogen and oxygen atoms in total. The number of hydrogen-bond acceptors (Lipinski definition) is 4. The van der Waals surface area contributed by atoms with E-state index < -0.39 is 0 Å². The van der Waals surface area contributed by atoms with Crippen molar-refractivity contribution in [1.29, 1.82) is 0 Å². The summed E-state index contributed by atoms with van der Waals surface area (Å²) in [5.74, 6) is 0.926. The van der Waals surface area contributed by atoms with Crippen molar-refractivity contribution in [3.05, 3.63) is 46.2 Å². The SMILES string of the molecule is Cc1cc(C(C)C)nc(Oc2ccc(CN)c(Cl)c2)n1. The average molecular weight is 292 g/mol. The fourth-order valence-corrected chi connectivity index (χ4v) is 2.02. The summed E-state index contributed by atoms with van der Waals surface area (Å²) in [6.45, 7) is 6.49. The van der Waals surface area contributed by atoms with Gasteiger partial charge in [-0.3, -0.25) is 0 Å². The van der Waals surface area contributed by atoms with Crippen molar-refractivity contribution >= 4 is 11.6 Å². The van der Waals surface area contributed by atoms with Crippen molar-refractivity contribution in [3.8, 4) is 11.8 Å². The summed E-state index contributed by atoms with van der Waals surface area (Å²) < 4.78 is 5.68. The van der Waals surface area contributed by atoms with E-state index in [4.69, 9.17) is 22.1 Å². The summed E-state index contributed by atoms with van der Waals surface area (Å²) in [5, 5.41) is 0.585. The van der Waals surface area contributed by atoms with Crippen LogP contribution in [0.3, 0.4) is 0 Å². The Morgan fingerprint density at radius 2 is 2.00 bits per heavy atom. The van der Waals surface area contributed by atoms with Gasteiger partial charge in [0, 0.05) is 17.3 Å². The standard InChI is InChI=1S/C15H18ClN3O/c1-9(2)14-6-10(3)18-15(19-14)20-12-5-4-11(8-17)13(16)7-12/h4-7,9H,8,17H2,1-3H3. The maximum atomic E-state index is 6.11. The first-order valence-corrected chi connectivity index (χ1v) is 6.89. The fraction of sp³-hybridized carbons (Fsp3) is 0.333. The number of nitrogens with zero attached hydrogens (tertiary/aromatic N) is 2. The molecule has 0 atom stereocenters. The summed E-state index contributed by atoms with van der Waals surface area (Å²) in [5.41, 5.74) is 8.29. The predicted molar refractivity (Wildman–Crippen MR) is 80.3 cm³/mol. The van der Waals surface area contributed by atoms with Crippen LogP contribution in [0.15, 0.2) is 24.3 Å². The van der Waals surface area contributed by atoms with Gasteiger partial charge in [-0.25, -0.2) is 4.98 Å². The number of aromatic nitrogens is 2. The van der Waals surface area contributed by atoms with E-state index >= 15 is 0 Å². The van der Waals surface area contributed by atoms with Gasteiger partial charge in [0.1, 0.15) is 5.75 Å². The van der Waals surface area contributed by atoms with Crippen LogP contribution < -0.4 is 10.5 Å². The molecule has 1 heterocycles. The minimum absolute atomic E-state index is 0.322. The van der Waals surface area contributed by atoms with Crippen LogP contribution in [-0.2, 0) is 6.54 Å². The smallest absolute Gasteiger partial charge is 0.322 e. The highest BCUT2D eigenvalue weighted by atomic mass is 35.5. The quantitative estimate of drug-likeness (QED) is 0.930. The highest BCUT2D eigenvalue weighted by molar-refractivity contribution is 6.31. The molecule has 1 aromatic carbocycles. The van der Waals surface area contributed by atoms with Crippen LogP contribution in [0.4, 0.5) is 0 Å². The van der Waals surface area contributed by atoms with Crippen LogP contribution in [0.25, 0.3) is 0 Å². The van der Waals surface area contributed by atoms with Crippen LogP contribution in [0.2, 0.25) is 5.02 Å². The molecule has 2 aromatic rings. The van der Waals surface area contributed by atoms with E-state index in [0.717, 1.165) is 17.0 Å². The van der Waals surface area contributed by atoms with Crippen LogP contribution in [0.1, 0.15) is 36.7 Å². The molecule has 0 spiro atoms. The third-order valence-corrected chi connectivity index (χ3v) is 3.25. The van der Waals surface area contributed by atoms with Crippen LogP contribution >= 0.6 is 11.6 Å². The van der Waals surface area contributed by atoms with Gasteiger partial charge in [-0.1, -0.05) is 31.5 Å². The molecule has 5 heteroatoms. The Morgan fingerprint density at radius 3 is 2.60 bits per heavy atom. The molecular weight excluding hydrogens is 274 g/mol. The lowest BCUT2D eigenvalue weighted by molar-refractivity contribution is 0.436. The molecule has 20 heavy (non-hydrogen) atoms. The van der Waals surface area contributed by atoms with E-state index in [1.165, 1.54) is 0 Å². The van der Waals surface area contributed by atoms with E-state index in [2.05, 4.69) is 23.8 Å². The van der Waals surface area contributed by atoms with Crippen molar-refractivity contribution in [2.45, 2.75) is 33.2 Å². The highest BCUT2D eigenvalue weighted by Crippen LogP contribution is 2.26. The lowest BCUT2D eigenvalue weighted by atomic mass is 10.1. The second kappa shape index (κ2) is 6.20. The second-order valence-electron chi connectivity index (χ2n) is 4.93. The zero-order valence-electron chi connectivity index (χ0n) is 11.9. The van der Waals surface area contributed by atoms with Gasteiger partial charge >= 0.3 is 6.01 Å². The van der Waals surface area contributed by atoms with Gasteiger partial charge in [0.05, 0.1) is 5.69 Å². The minimum atomic E-state index is 0.322. The van der Waals surface area contributed by atoms with Gasteiger partial charge < -0.3 is 10.5 Å². The Morgan fingerprint density at radius 1 is 1.25 bits per heavy atom. The van der Waals surface area contributed by atoms with Crippen molar-refractivity contribution < 1.29 is 4.74 Å². The van der Waals surface area contributed by atoms with E-state index in [1.54, 1.807) is 6.07 Å². The van der Waals surface area contributed by atoms with Crippen molar-refractivity contribution in [1.82, 2.24) is 9.97 Å². The molecule has 0 fully saturated rings. The van der Waals surface area contributed by atoms with Crippen molar-refractivity contribution in [3.63, 3.8) is 0 Å². The molecule has 0 bridgehead atoms. The molecule has 0 aliphatic rings. The van der Waals surface area contributed by atoms with E-state index in [-0.39, 0.29) is 0 Å². The number of nitrogens with two attached hydrogens (primary N) is 1. The van der Waals surface area contributed by atoms with Gasteiger partial charge in [0.15, 0.2) is 0 Å². The number of hydrogen-bond donors (Lipinski definition) is 1. The Balaban J connectivity index is 2.27. The summed E-state index contributed by atoms with van der Waals surface area (Å²) >= 11 is 6.11. The first kappa shape index (κ1) is 14.8.